The van der Waals surface area contributed by atoms with Gasteiger partial charge in [0.05, 0.1) is 12.2 Å². The number of hydrogen-bond acceptors (Lipinski definition) is 5. The highest BCUT2D eigenvalue weighted by Gasteiger charge is 2.29. The van der Waals surface area contributed by atoms with Crippen LogP contribution in [0.3, 0.4) is 0 Å². The van der Waals surface area contributed by atoms with E-state index in [0.29, 0.717) is 6.04 Å². The van der Waals surface area contributed by atoms with Gasteiger partial charge < -0.3 is 9.80 Å². The summed E-state index contributed by atoms with van der Waals surface area (Å²) in [6, 6.07) is 0.484. The largest absolute Gasteiger partial charge is 0.305 e. The molecule has 0 radical (unpaired) electrons. The summed E-state index contributed by atoms with van der Waals surface area (Å²) in [5, 5.41) is 4.35. The number of hydrazine groups is 1. The highest BCUT2D eigenvalue weighted by molar-refractivity contribution is 5.14. The predicted molar refractivity (Wildman–Crippen MR) is 76.5 cm³/mol. The zero-order valence-corrected chi connectivity index (χ0v) is 12.2. The van der Waals surface area contributed by atoms with Gasteiger partial charge >= 0.3 is 0 Å². The first-order chi connectivity index (χ1) is 9.15. The molecule has 1 fully saturated rings. The van der Waals surface area contributed by atoms with Crippen LogP contribution >= 0.6 is 0 Å². The third-order valence-corrected chi connectivity index (χ3v) is 4.02. The van der Waals surface area contributed by atoms with Crippen LogP contribution in [0, 0.1) is 0 Å². The third kappa shape index (κ3) is 3.33. The van der Waals surface area contributed by atoms with Crippen molar-refractivity contribution in [1.29, 1.82) is 0 Å². The monoisotopic (exact) mass is 266 g/mol. The SMILES string of the molecule is CCn1cc(C(NN)C2CN(C)CCCN2C)cn1. The lowest BCUT2D eigenvalue weighted by Crippen LogP contribution is -2.48. The van der Waals surface area contributed by atoms with E-state index in [-0.39, 0.29) is 6.04 Å². The number of nitrogens with one attached hydrogen (secondary N) is 1. The first-order valence-electron chi connectivity index (χ1n) is 7.03. The summed E-state index contributed by atoms with van der Waals surface area (Å²) < 4.78 is 1.94. The van der Waals surface area contributed by atoms with Gasteiger partial charge in [-0.1, -0.05) is 0 Å². The Morgan fingerprint density at radius 2 is 2.26 bits per heavy atom. The molecule has 0 aliphatic carbocycles. The summed E-state index contributed by atoms with van der Waals surface area (Å²) in [6.07, 6.45) is 5.21. The lowest BCUT2D eigenvalue weighted by Gasteiger charge is -2.33. The van der Waals surface area contributed by atoms with Crippen molar-refractivity contribution in [3.05, 3.63) is 18.0 Å². The first kappa shape index (κ1) is 14.5. The van der Waals surface area contributed by atoms with E-state index < -0.39 is 0 Å². The number of nitrogens with zero attached hydrogens (tertiary/aromatic N) is 4. The zero-order valence-electron chi connectivity index (χ0n) is 12.2. The molecule has 0 bridgehead atoms. The molecule has 6 heteroatoms. The van der Waals surface area contributed by atoms with E-state index >= 15 is 0 Å². The van der Waals surface area contributed by atoms with E-state index in [1.165, 1.54) is 6.42 Å². The molecule has 6 nitrogen and oxygen atoms in total. The minimum absolute atomic E-state index is 0.117. The molecule has 108 valence electrons. The number of aromatic nitrogens is 2. The Morgan fingerprint density at radius 1 is 1.47 bits per heavy atom. The summed E-state index contributed by atoms with van der Waals surface area (Å²) in [5.74, 6) is 5.81. The van der Waals surface area contributed by atoms with Crippen LogP contribution in [0.15, 0.2) is 12.4 Å². The molecule has 0 aromatic carbocycles. The van der Waals surface area contributed by atoms with Crippen LogP contribution in [0.1, 0.15) is 24.9 Å². The predicted octanol–water partition coefficient (Wildman–Crippen LogP) is 0.0433. The number of hydrogen-bond donors (Lipinski definition) is 2. The van der Waals surface area contributed by atoms with Gasteiger partial charge in [0.25, 0.3) is 0 Å². The Kier molecular flexibility index (Phi) is 4.93. The average Bonchev–Trinajstić information content (AvgIpc) is 2.80. The molecular formula is C13H26N6. The van der Waals surface area contributed by atoms with Crippen molar-refractivity contribution < 1.29 is 0 Å². The van der Waals surface area contributed by atoms with Crippen LogP contribution < -0.4 is 11.3 Å². The molecule has 2 rings (SSSR count). The zero-order chi connectivity index (χ0) is 13.8. The number of rotatable bonds is 4. The summed E-state index contributed by atoms with van der Waals surface area (Å²) >= 11 is 0. The van der Waals surface area contributed by atoms with Crippen molar-refractivity contribution in [2.75, 3.05) is 33.7 Å². The molecule has 3 N–H and O–H groups in total. The molecule has 19 heavy (non-hydrogen) atoms. The first-order valence-corrected chi connectivity index (χ1v) is 7.03. The number of aryl methyl sites for hydroxylation is 1. The topological polar surface area (TPSA) is 62.4 Å². The minimum atomic E-state index is 0.117. The molecule has 2 heterocycles. The standard InChI is InChI=1S/C13H26N6/c1-4-19-9-11(8-15-19)13(16-14)12-10-17(2)6-5-7-18(12)3/h8-9,12-13,16H,4-7,10,14H2,1-3H3. The van der Waals surface area contributed by atoms with Gasteiger partial charge in [0, 0.05) is 30.9 Å². The van der Waals surface area contributed by atoms with Crippen molar-refractivity contribution in [1.82, 2.24) is 25.0 Å². The average molecular weight is 266 g/mol. The Labute approximate surface area is 115 Å². The molecule has 1 aliphatic rings. The fourth-order valence-electron chi connectivity index (χ4n) is 2.81. The molecule has 0 saturated carbocycles. The van der Waals surface area contributed by atoms with Crippen molar-refractivity contribution >= 4 is 0 Å². The lowest BCUT2D eigenvalue weighted by molar-refractivity contribution is 0.178. The van der Waals surface area contributed by atoms with E-state index in [1.54, 1.807) is 0 Å². The van der Waals surface area contributed by atoms with Gasteiger partial charge in [-0.25, -0.2) is 0 Å². The number of nitrogens with two attached hydrogens (primary N) is 1. The Morgan fingerprint density at radius 3 is 2.89 bits per heavy atom. The van der Waals surface area contributed by atoms with E-state index in [0.717, 1.165) is 31.7 Å². The van der Waals surface area contributed by atoms with Gasteiger partial charge in [-0.2, -0.15) is 5.10 Å². The summed E-state index contributed by atoms with van der Waals surface area (Å²) in [4.78, 5) is 4.78. The second kappa shape index (κ2) is 6.47. The highest BCUT2D eigenvalue weighted by Crippen LogP contribution is 2.22. The maximum absolute atomic E-state index is 5.81. The van der Waals surface area contributed by atoms with E-state index in [4.69, 9.17) is 5.84 Å². The second-order valence-electron chi connectivity index (χ2n) is 5.44. The van der Waals surface area contributed by atoms with Crippen LogP contribution in [0.5, 0.6) is 0 Å². The molecule has 1 saturated heterocycles. The van der Waals surface area contributed by atoms with Crippen LogP contribution in [0.25, 0.3) is 0 Å². The molecule has 2 unspecified atom stereocenters. The minimum Gasteiger partial charge on any atom is -0.305 e. The van der Waals surface area contributed by atoms with Crippen molar-refractivity contribution in [2.24, 2.45) is 5.84 Å². The maximum atomic E-state index is 5.81. The van der Waals surface area contributed by atoms with Gasteiger partial charge in [0.15, 0.2) is 0 Å². The summed E-state index contributed by atoms with van der Waals surface area (Å²) in [5.41, 5.74) is 4.15. The normalized spacial score (nSPS) is 24.3. The summed E-state index contributed by atoms with van der Waals surface area (Å²) in [6.45, 7) is 6.25. The van der Waals surface area contributed by atoms with Gasteiger partial charge in [0.2, 0.25) is 0 Å². The molecule has 1 aromatic heterocycles. The van der Waals surface area contributed by atoms with Gasteiger partial charge in [-0.05, 0) is 40.5 Å². The quantitative estimate of drug-likeness (QED) is 0.595. The second-order valence-corrected chi connectivity index (χ2v) is 5.44. The third-order valence-electron chi connectivity index (χ3n) is 4.02. The summed E-state index contributed by atoms with van der Waals surface area (Å²) in [7, 11) is 4.35. The molecule has 1 aromatic rings. The molecule has 0 amide bonds. The van der Waals surface area contributed by atoms with E-state index in [2.05, 4.69) is 47.5 Å². The van der Waals surface area contributed by atoms with Gasteiger partial charge in [0.1, 0.15) is 0 Å². The van der Waals surface area contributed by atoms with Gasteiger partial charge in [-0.3, -0.25) is 16.0 Å². The Balaban J connectivity index is 2.18. The van der Waals surface area contributed by atoms with Crippen molar-refractivity contribution in [3.63, 3.8) is 0 Å². The maximum Gasteiger partial charge on any atom is 0.0658 e. The smallest absolute Gasteiger partial charge is 0.0658 e. The van der Waals surface area contributed by atoms with E-state index in [1.807, 2.05) is 10.9 Å². The Hall–Kier alpha value is -0.950. The lowest BCUT2D eigenvalue weighted by atomic mass is 10.0. The van der Waals surface area contributed by atoms with Crippen LogP contribution in [0.4, 0.5) is 0 Å². The van der Waals surface area contributed by atoms with Gasteiger partial charge in [-0.15, -0.1) is 0 Å². The molecular weight excluding hydrogens is 240 g/mol. The van der Waals surface area contributed by atoms with Crippen molar-refractivity contribution in [2.45, 2.75) is 32.0 Å². The van der Waals surface area contributed by atoms with Crippen LogP contribution in [-0.4, -0.2) is 59.4 Å². The molecule has 0 spiro atoms. The molecule has 2 atom stereocenters. The van der Waals surface area contributed by atoms with Crippen molar-refractivity contribution in [3.8, 4) is 0 Å². The number of likely N-dealkylation sites (N-methyl/N-ethyl adjacent to an activating group) is 2. The highest BCUT2D eigenvalue weighted by atomic mass is 15.3. The van der Waals surface area contributed by atoms with E-state index in [9.17, 15) is 0 Å². The fraction of sp³-hybridized carbons (Fsp3) is 0.769. The Bertz CT molecular complexity index is 390. The van der Waals surface area contributed by atoms with Crippen LogP contribution in [0.2, 0.25) is 0 Å². The fourth-order valence-corrected chi connectivity index (χ4v) is 2.81. The molecule has 1 aliphatic heterocycles. The van der Waals surface area contributed by atoms with Crippen LogP contribution in [-0.2, 0) is 6.54 Å².